The Kier molecular flexibility index (Phi) is 4.81. The van der Waals surface area contributed by atoms with Gasteiger partial charge in [0.15, 0.2) is 11.5 Å². The summed E-state index contributed by atoms with van der Waals surface area (Å²) >= 11 is 5.98. The number of hydrogen-bond donors (Lipinski definition) is 2. The first-order chi connectivity index (χ1) is 11.5. The molecule has 1 unspecified atom stereocenters. The summed E-state index contributed by atoms with van der Waals surface area (Å²) in [5.74, 6) is 1.26. The number of anilines is 2. The van der Waals surface area contributed by atoms with Gasteiger partial charge in [-0.2, -0.15) is 0 Å². The molecule has 0 aliphatic carbocycles. The van der Waals surface area contributed by atoms with Crippen LogP contribution in [0, 0.1) is 6.92 Å². The van der Waals surface area contributed by atoms with E-state index in [4.69, 9.17) is 21.1 Å². The maximum Gasteiger partial charge on any atom is 0.246 e. The normalized spacial score (nSPS) is 14.0. The van der Waals surface area contributed by atoms with Crippen LogP contribution in [-0.2, 0) is 4.79 Å². The fourth-order valence-electron chi connectivity index (χ4n) is 2.42. The SMILES string of the molecule is Cc1ccc(Cl)cc1NC(=O)C(C)Nc1ccc2c(c1)OCCO2. The van der Waals surface area contributed by atoms with E-state index in [-0.39, 0.29) is 5.91 Å². The van der Waals surface area contributed by atoms with Crippen molar-refractivity contribution in [1.29, 1.82) is 0 Å². The number of halogens is 1. The quantitative estimate of drug-likeness (QED) is 0.882. The molecule has 126 valence electrons. The third-order valence-corrected chi connectivity index (χ3v) is 4.01. The number of benzene rings is 2. The van der Waals surface area contributed by atoms with E-state index in [0.29, 0.717) is 29.7 Å². The number of carbonyl (C=O) groups excluding carboxylic acids is 1. The van der Waals surface area contributed by atoms with Gasteiger partial charge in [-0.3, -0.25) is 4.79 Å². The number of ether oxygens (including phenoxy) is 2. The second-order valence-corrected chi connectivity index (χ2v) is 6.11. The summed E-state index contributed by atoms with van der Waals surface area (Å²) in [4.78, 5) is 12.4. The third-order valence-electron chi connectivity index (χ3n) is 3.78. The molecule has 5 nitrogen and oxygen atoms in total. The van der Waals surface area contributed by atoms with Crippen LogP contribution < -0.4 is 20.1 Å². The Labute approximate surface area is 145 Å². The Morgan fingerprint density at radius 2 is 1.88 bits per heavy atom. The van der Waals surface area contributed by atoms with Crippen LogP contribution >= 0.6 is 11.6 Å². The molecule has 1 aliphatic heterocycles. The molecule has 1 atom stereocenters. The van der Waals surface area contributed by atoms with E-state index in [9.17, 15) is 4.79 Å². The number of fused-ring (bicyclic) bond motifs is 1. The molecule has 0 bridgehead atoms. The van der Waals surface area contributed by atoms with E-state index in [1.165, 1.54) is 0 Å². The largest absolute Gasteiger partial charge is 0.486 e. The standard InChI is InChI=1S/C18H19ClN2O3/c1-11-3-4-13(19)9-15(11)21-18(22)12(2)20-14-5-6-16-17(10-14)24-8-7-23-16/h3-6,9-10,12,20H,7-8H2,1-2H3,(H,21,22). The topological polar surface area (TPSA) is 59.6 Å². The summed E-state index contributed by atoms with van der Waals surface area (Å²) in [6.07, 6.45) is 0. The molecule has 0 saturated carbocycles. The zero-order valence-corrected chi connectivity index (χ0v) is 14.3. The number of carbonyl (C=O) groups is 1. The first-order valence-electron chi connectivity index (χ1n) is 7.76. The van der Waals surface area contributed by atoms with Crippen molar-refractivity contribution in [2.45, 2.75) is 19.9 Å². The van der Waals surface area contributed by atoms with Crippen molar-refractivity contribution in [2.75, 3.05) is 23.8 Å². The van der Waals surface area contributed by atoms with Gasteiger partial charge in [-0.25, -0.2) is 0 Å². The number of nitrogens with one attached hydrogen (secondary N) is 2. The van der Waals surface area contributed by atoms with Gasteiger partial charge in [0.25, 0.3) is 0 Å². The van der Waals surface area contributed by atoms with Gasteiger partial charge in [-0.1, -0.05) is 17.7 Å². The number of amides is 1. The molecule has 0 radical (unpaired) electrons. The highest BCUT2D eigenvalue weighted by Gasteiger charge is 2.16. The van der Waals surface area contributed by atoms with Crippen LogP contribution in [0.1, 0.15) is 12.5 Å². The first kappa shape index (κ1) is 16.5. The van der Waals surface area contributed by atoms with Gasteiger partial charge in [0, 0.05) is 22.5 Å². The van der Waals surface area contributed by atoms with Crippen molar-refractivity contribution in [3.8, 4) is 11.5 Å². The second-order valence-electron chi connectivity index (χ2n) is 5.67. The van der Waals surface area contributed by atoms with Gasteiger partial charge in [-0.15, -0.1) is 0 Å². The maximum atomic E-state index is 12.4. The summed E-state index contributed by atoms with van der Waals surface area (Å²) in [5.41, 5.74) is 2.47. The minimum absolute atomic E-state index is 0.143. The van der Waals surface area contributed by atoms with Crippen LogP contribution in [0.3, 0.4) is 0 Å². The molecular formula is C18H19ClN2O3. The second kappa shape index (κ2) is 7.01. The van der Waals surface area contributed by atoms with E-state index >= 15 is 0 Å². The lowest BCUT2D eigenvalue weighted by atomic mass is 10.2. The van der Waals surface area contributed by atoms with Gasteiger partial charge < -0.3 is 20.1 Å². The van der Waals surface area contributed by atoms with Crippen LogP contribution in [0.5, 0.6) is 11.5 Å². The predicted octanol–water partition coefficient (Wildman–Crippen LogP) is 3.86. The van der Waals surface area contributed by atoms with E-state index < -0.39 is 6.04 Å². The molecule has 1 aliphatic rings. The Morgan fingerprint density at radius 1 is 1.12 bits per heavy atom. The summed E-state index contributed by atoms with van der Waals surface area (Å²) in [5, 5.41) is 6.64. The van der Waals surface area contributed by atoms with E-state index in [2.05, 4.69) is 10.6 Å². The Bertz CT molecular complexity index is 764. The van der Waals surface area contributed by atoms with Gasteiger partial charge in [0.05, 0.1) is 0 Å². The van der Waals surface area contributed by atoms with Crippen LogP contribution in [0.25, 0.3) is 0 Å². The number of rotatable bonds is 4. The van der Waals surface area contributed by atoms with Crippen molar-refractivity contribution < 1.29 is 14.3 Å². The highest BCUT2D eigenvalue weighted by atomic mass is 35.5. The highest BCUT2D eigenvalue weighted by molar-refractivity contribution is 6.31. The molecule has 2 aromatic carbocycles. The Morgan fingerprint density at radius 3 is 2.67 bits per heavy atom. The molecule has 2 aromatic rings. The molecule has 0 saturated heterocycles. The maximum absolute atomic E-state index is 12.4. The fraction of sp³-hybridized carbons (Fsp3) is 0.278. The van der Waals surface area contributed by atoms with Gasteiger partial charge >= 0.3 is 0 Å². The lowest BCUT2D eigenvalue weighted by Crippen LogP contribution is -2.32. The highest BCUT2D eigenvalue weighted by Crippen LogP contribution is 2.32. The molecule has 0 spiro atoms. The zero-order valence-electron chi connectivity index (χ0n) is 13.6. The monoisotopic (exact) mass is 346 g/mol. The molecule has 1 amide bonds. The van der Waals surface area contributed by atoms with Gasteiger partial charge in [-0.05, 0) is 43.7 Å². The van der Waals surface area contributed by atoms with Crippen LogP contribution in [-0.4, -0.2) is 25.2 Å². The van der Waals surface area contributed by atoms with E-state index in [1.807, 2.05) is 31.2 Å². The van der Waals surface area contributed by atoms with Crippen LogP contribution in [0.2, 0.25) is 5.02 Å². The first-order valence-corrected chi connectivity index (χ1v) is 8.14. The lowest BCUT2D eigenvalue weighted by Gasteiger charge is -2.21. The summed E-state index contributed by atoms with van der Waals surface area (Å²) in [7, 11) is 0. The Balaban J connectivity index is 1.67. The van der Waals surface area contributed by atoms with Crippen LogP contribution in [0.15, 0.2) is 36.4 Å². The molecule has 0 aromatic heterocycles. The van der Waals surface area contributed by atoms with E-state index in [0.717, 1.165) is 17.0 Å². The van der Waals surface area contributed by atoms with Gasteiger partial charge in [0.1, 0.15) is 19.3 Å². The van der Waals surface area contributed by atoms with Crippen molar-refractivity contribution in [3.63, 3.8) is 0 Å². The molecule has 6 heteroatoms. The number of hydrogen-bond acceptors (Lipinski definition) is 4. The summed E-state index contributed by atoms with van der Waals surface area (Å²) in [6.45, 7) is 4.80. The van der Waals surface area contributed by atoms with Crippen molar-refractivity contribution in [1.82, 2.24) is 0 Å². The molecule has 0 fully saturated rings. The number of aryl methyl sites for hydroxylation is 1. The smallest absolute Gasteiger partial charge is 0.246 e. The molecule has 3 rings (SSSR count). The zero-order chi connectivity index (χ0) is 17.1. The van der Waals surface area contributed by atoms with Crippen LogP contribution in [0.4, 0.5) is 11.4 Å². The molecule has 24 heavy (non-hydrogen) atoms. The average molecular weight is 347 g/mol. The fourth-order valence-corrected chi connectivity index (χ4v) is 2.59. The minimum atomic E-state index is -0.425. The van der Waals surface area contributed by atoms with Gasteiger partial charge in [0.2, 0.25) is 5.91 Å². The molecule has 2 N–H and O–H groups in total. The summed E-state index contributed by atoms with van der Waals surface area (Å²) < 4.78 is 11.0. The van der Waals surface area contributed by atoms with E-state index in [1.54, 1.807) is 19.1 Å². The lowest BCUT2D eigenvalue weighted by molar-refractivity contribution is -0.116. The predicted molar refractivity (Wildman–Crippen MR) is 95.3 cm³/mol. The minimum Gasteiger partial charge on any atom is -0.486 e. The summed E-state index contributed by atoms with van der Waals surface area (Å²) in [6, 6.07) is 10.5. The van der Waals surface area contributed by atoms with Crippen molar-refractivity contribution >= 4 is 28.9 Å². The van der Waals surface area contributed by atoms with Crippen molar-refractivity contribution in [2.24, 2.45) is 0 Å². The third kappa shape index (κ3) is 3.74. The van der Waals surface area contributed by atoms with Crippen molar-refractivity contribution in [3.05, 3.63) is 47.0 Å². The average Bonchev–Trinajstić information content (AvgIpc) is 2.58. The molecular weight excluding hydrogens is 328 g/mol. The Hall–Kier alpha value is -2.40. The molecule has 1 heterocycles.